The first-order valence-electron chi connectivity index (χ1n) is 6.26. The molecule has 1 unspecified atom stereocenters. The highest BCUT2D eigenvalue weighted by atomic mass is 32.2. The molecule has 2 rings (SSSR count). The maximum absolute atomic E-state index is 13.2. The van der Waals surface area contributed by atoms with Crippen molar-refractivity contribution in [3.63, 3.8) is 0 Å². The molecule has 1 atom stereocenters. The van der Waals surface area contributed by atoms with Gasteiger partial charge in [0.15, 0.2) is 0 Å². The number of rotatable bonds is 4. The molecular formula is C14H14F3N3S. The van der Waals surface area contributed by atoms with Gasteiger partial charge in [-0.15, -0.1) is 0 Å². The lowest BCUT2D eigenvalue weighted by molar-refractivity contribution is -0.139. The van der Waals surface area contributed by atoms with E-state index < -0.39 is 11.7 Å². The highest BCUT2D eigenvalue weighted by molar-refractivity contribution is 7.99. The molecule has 0 aliphatic rings. The third-order valence-corrected chi connectivity index (χ3v) is 3.66. The summed E-state index contributed by atoms with van der Waals surface area (Å²) in [6, 6.07) is 4.09. The Morgan fingerprint density at radius 2 is 2.05 bits per heavy atom. The zero-order valence-corrected chi connectivity index (χ0v) is 12.1. The second-order valence-electron chi connectivity index (χ2n) is 4.66. The molecule has 0 saturated heterocycles. The van der Waals surface area contributed by atoms with Crippen molar-refractivity contribution >= 4 is 11.8 Å². The smallest absolute Gasteiger partial charge is 0.328 e. The van der Waals surface area contributed by atoms with Crippen LogP contribution in [0.25, 0.3) is 0 Å². The number of nitrogens with zero attached hydrogens (tertiary/aromatic N) is 2. The zero-order chi connectivity index (χ0) is 15.5. The summed E-state index contributed by atoms with van der Waals surface area (Å²) in [6.07, 6.45) is 0.332. The molecule has 0 saturated carbocycles. The third kappa shape index (κ3) is 4.44. The fourth-order valence-electron chi connectivity index (χ4n) is 1.84. The van der Waals surface area contributed by atoms with Crippen LogP contribution in [-0.2, 0) is 12.6 Å². The van der Waals surface area contributed by atoms with Gasteiger partial charge in [-0.25, -0.2) is 4.98 Å². The van der Waals surface area contributed by atoms with Crippen molar-refractivity contribution in [2.45, 2.75) is 35.5 Å². The van der Waals surface area contributed by atoms with Gasteiger partial charge < -0.3 is 5.73 Å². The predicted octanol–water partition coefficient (Wildman–Crippen LogP) is 3.54. The summed E-state index contributed by atoms with van der Waals surface area (Å²) in [7, 11) is 0. The fraction of sp³-hybridized carbons (Fsp3) is 0.286. The fourth-order valence-corrected chi connectivity index (χ4v) is 2.71. The van der Waals surface area contributed by atoms with Crippen LogP contribution in [0.3, 0.4) is 0 Å². The molecule has 0 amide bonds. The summed E-state index contributed by atoms with van der Waals surface area (Å²) in [4.78, 5) is 7.94. The van der Waals surface area contributed by atoms with Crippen molar-refractivity contribution < 1.29 is 13.2 Å². The van der Waals surface area contributed by atoms with Gasteiger partial charge in [-0.2, -0.15) is 13.2 Å². The van der Waals surface area contributed by atoms with Gasteiger partial charge in [-0.1, -0.05) is 17.8 Å². The molecule has 112 valence electrons. The van der Waals surface area contributed by atoms with E-state index in [1.165, 1.54) is 24.7 Å². The first kappa shape index (κ1) is 15.8. The van der Waals surface area contributed by atoms with E-state index in [1.54, 1.807) is 13.0 Å². The molecule has 1 heterocycles. The van der Waals surface area contributed by atoms with Crippen molar-refractivity contribution in [3.05, 3.63) is 47.9 Å². The molecule has 0 spiro atoms. The molecule has 0 bridgehead atoms. The molecule has 1 aromatic heterocycles. The lowest BCUT2D eigenvalue weighted by atomic mass is 10.0. The SMILES string of the molecule is CC(N)Cc1ccc(Sc2cnccn2)c(C(F)(F)F)c1. The van der Waals surface area contributed by atoms with Crippen molar-refractivity contribution in [3.8, 4) is 0 Å². The minimum absolute atomic E-state index is 0.108. The van der Waals surface area contributed by atoms with Crippen molar-refractivity contribution in [2.75, 3.05) is 0 Å². The third-order valence-electron chi connectivity index (χ3n) is 2.66. The molecule has 21 heavy (non-hydrogen) atoms. The summed E-state index contributed by atoms with van der Waals surface area (Å²) in [6.45, 7) is 1.76. The Morgan fingerprint density at radius 1 is 1.29 bits per heavy atom. The molecule has 2 aromatic rings. The van der Waals surface area contributed by atoms with E-state index in [0.29, 0.717) is 17.0 Å². The van der Waals surface area contributed by atoms with Crippen LogP contribution in [0, 0.1) is 0 Å². The Kier molecular flexibility index (Phi) is 4.84. The standard InChI is InChI=1S/C14H14F3N3S/c1-9(18)6-10-2-3-12(11(7-10)14(15,16)17)21-13-8-19-4-5-20-13/h2-5,7-9H,6,18H2,1H3. The Labute approximate surface area is 124 Å². The Morgan fingerprint density at radius 3 is 2.62 bits per heavy atom. The van der Waals surface area contributed by atoms with E-state index in [1.807, 2.05) is 0 Å². The summed E-state index contributed by atoms with van der Waals surface area (Å²) in [5.74, 6) is 0. The maximum Gasteiger partial charge on any atom is 0.417 e. The largest absolute Gasteiger partial charge is 0.417 e. The second-order valence-corrected chi connectivity index (χ2v) is 5.72. The summed E-state index contributed by atoms with van der Waals surface area (Å²) >= 11 is 0.944. The van der Waals surface area contributed by atoms with Crippen LogP contribution < -0.4 is 5.73 Å². The van der Waals surface area contributed by atoms with Crippen molar-refractivity contribution in [2.24, 2.45) is 5.73 Å². The highest BCUT2D eigenvalue weighted by Crippen LogP contribution is 2.39. The van der Waals surface area contributed by atoms with Crippen LogP contribution in [0.15, 0.2) is 46.7 Å². The van der Waals surface area contributed by atoms with Crippen LogP contribution in [0.2, 0.25) is 0 Å². The number of benzene rings is 1. The monoisotopic (exact) mass is 313 g/mol. The Balaban J connectivity index is 2.36. The molecule has 0 aliphatic carbocycles. The van der Waals surface area contributed by atoms with Gasteiger partial charge in [-0.3, -0.25) is 4.98 Å². The molecule has 0 fully saturated rings. The van der Waals surface area contributed by atoms with Crippen LogP contribution in [0.1, 0.15) is 18.1 Å². The molecule has 1 aromatic carbocycles. The number of halogens is 3. The van der Waals surface area contributed by atoms with Gasteiger partial charge in [0.05, 0.1) is 11.8 Å². The lowest BCUT2D eigenvalue weighted by Crippen LogP contribution is -2.18. The minimum Gasteiger partial charge on any atom is -0.328 e. The van der Waals surface area contributed by atoms with E-state index in [9.17, 15) is 13.2 Å². The maximum atomic E-state index is 13.2. The summed E-state index contributed by atoms with van der Waals surface area (Å²) < 4.78 is 39.6. The number of hydrogen-bond acceptors (Lipinski definition) is 4. The predicted molar refractivity (Wildman–Crippen MR) is 75.0 cm³/mol. The Bertz CT molecular complexity index is 600. The zero-order valence-electron chi connectivity index (χ0n) is 11.3. The van der Waals surface area contributed by atoms with E-state index in [-0.39, 0.29) is 10.9 Å². The molecule has 0 radical (unpaired) electrons. The van der Waals surface area contributed by atoms with Crippen molar-refractivity contribution in [1.82, 2.24) is 9.97 Å². The normalized spacial score (nSPS) is 13.2. The van der Waals surface area contributed by atoms with E-state index in [0.717, 1.165) is 17.8 Å². The van der Waals surface area contributed by atoms with Gasteiger partial charge in [0, 0.05) is 23.3 Å². The molecule has 7 heteroatoms. The number of aromatic nitrogens is 2. The van der Waals surface area contributed by atoms with E-state index in [4.69, 9.17) is 5.73 Å². The molecule has 3 nitrogen and oxygen atoms in total. The van der Waals surface area contributed by atoms with Gasteiger partial charge in [0.2, 0.25) is 0 Å². The van der Waals surface area contributed by atoms with Gasteiger partial charge in [0.1, 0.15) is 5.03 Å². The number of nitrogens with two attached hydrogens (primary N) is 1. The molecule has 2 N–H and O–H groups in total. The average Bonchev–Trinajstić information content (AvgIpc) is 2.40. The average molecular weight is 313 g/mol. The lowest BCUT2D eigenvalue weighted by Gasteiger charge is -2.14. The summed E-state index contributed by atoms with van der Waals surface area (Å²) in [5.41, 5.74) is 5.54. The van der Waals surface area contributed by atoms with Gasteiger partial charge >= 0.3 is 6.18 Å². The second kappa shape index (κ2) is 6.44. The van der Waals surface area contributed by atoms with E-state index >= 15 is 0 Å². The first-order valence-corrected chi connectivity index (χ1v) is 7.07. The molecular weight excluding hydrogens is 299 g/mol. The van der Waals surface area contributed by atoms with Crippen LogP contribution in [-0.4, -0.2) is 16.0 Å². The minimum atomic E-state index is -4.42. The number of hydrogen-bond donors (Lipinski definition) is 1. The van der Waals surface area contributed by atoms with Gasteiger partial charge in [-0.05, 0) is 31.0 Å². The van der Waals surface area contributed by atoms with Crippen LogP contribution in [0.4, 0.5) is 13.2 Å². The topological polar surface area (TPSA) is 51.8 Å². The van der Waals surface area contributed by atoms with Crippen LogP contribution >= 0.6 is 11.8 Å². The summed E-state index contributed by atoms with van der Waals surface area (Å²) in [5, 5.41) is 0.419. The van der Waals surface area contributed by atoms with E-state index in [2.05, 4.69) is 9.97 Å². The highest BCUT2D eigenvalue weighted by Gasteiger charge is 2.34. The number of alkyl halides is 3. The molecule has 0 aliphatic heterocycles. The van der Waals surface area contributed by atoms with Crippen molar-refractivity contribution in [1.29, 1.82) is 0 Å². The quantitative estimate of drug-likeness (QED) is 0.938. The van der Waals surface area contributed by atoms with Gasteiger partial charge in [0.25, 0.3) is 0 Å². The first-order chi connectivity index (χ1) is 9.86. The Hall–Kier alpha value is -1.60. The van der Waals surface area contributed by atoms with Crippen LogP contribution in [0.5, 0.6) is 0 Å².